The van der Waals surface area contributed by atoms with Crippen molar-refractivity contribution >= 4 is 21.4 Å². The lowest BCUT2D eigenvalue weighted by atomic mass is 10.1. The minimum atomic E-state index is -3.21. The van der Waals surface area contributed by atoms with E-state index < -0.39 is 10.0 Å². The molecule has 0 amide bonds. The summed E-state index contributed by atoms with van der Waals surface area (Å²) < 4.78 is 25.1. The lowest BCUT2D eigenvalue weighted by Gasteiger charge is -2.21. The highest BCUT2D eigenvalue weighted by Crippen LogP contribution is 2.33. The van der Waals surface area contributed by atoms with E-state index >= 15 is 0 Å². The normalized spacial score (nSPS) is 20.4. The Morgan fingerprint density at radius 3 is 2.85 bits per heavy atom. The molecule has 0 unspecified atom stereocenters. The number of aromatic nitrogens is 3. The van der Waals surface area contributed by atoms with Crippen LogP contribution in [0.15, 0.2) is 24.1 Å². The second-order valence-corrected chi connectivity index (χ2v) is 7.55. The van der Waals surface area contributed by atoms with Gasteiger partial charge >= 0.3 is 0 Å². The number of sulfonamides is 1. The lowest BCUT2D eigenvalue weighted by Crippen LogP contribution is -2.30. The van der Waals surface area contributed by atoms with Gasteiger partial charge in [0.15, 0.2) is 0 Å². The van der Waals surface area contributed by atoms with E-state index in [9.17, 15) is 8.42 Å². The summed E-state index contributed by atoms with van der Waals surface area (Å²) in [4.78, 5) is 13.7. The van der Waals surface area contributed by atoms with E-state index in [4.69, 9.17) is 0 Å². The Labute approximate surface area is 121 Å². The highest BCUT2D eigenvalue weighted by atomic mass is 32.2. The molecule has 3 heterocycles. The largest absolute Gasteiger partial charge is 0.260 e. The Bertz CT molecular complexity index is 700. The Hall–Kier alpha value is -1.38. The summed E-state index contributed by atoms with van der Waals surface area (Å²) in [5.74, 6) is 0. The van der Waals surface area contributed by atoms with Crippen LogP contribution < -0.4 is 0 Å². The van der Waals surface area contributed by atoms with E-state index in [1.54, 1.807) is 24.1 Å². The first-order chi connectivity index (χ1) is 9.55. The average Bonchev–Trinajstić information content (AvgIpc) is 3.10. The molecular weight excluding hydrogens is 296 g/mol. The highest BCUT2D eigenvalue weighted by Gasteiger charge is 2.33. The summed E-state index contributed by atoms with van der Waals surface area (Å²) in [6.45, 7) is 0.552. The molecule has 106 valence electrons. The molecule has 1 fully saturated rings. The predicted octanol–water partition coefficient (Wildman–Crippen LogP) is 1.70. The third-order valence-electron chi connectivity index (χ3n) is 3.31. The third-order valence-corrected chi connectivity index (χ3v) is 5.39. The smallest absolute Gasteiger partial charge is 0.211 e. The first kappa shape index (κ1) is 13.6. The number of nitrogens with zero attached hydrogens (tertiary/aromatic N) is 4. The van der Waals surface area contributed by atoms with E-state index in [1.165, 1.54) is 21.9 Å². The second-order valence-electron chi connectivity index (χ2n) is 4.73. The van der Waals surface area contributed by atoms with Crippen LogP contribution in [-0.2, 0) is 10.0 Å². The fourth-order valence-corrected chi connectivity index (χ4v) is 4.15. The quantitative estimate of drug-likeness (QED) is 0.862. The zero-order chi connectivity index (χ0) is 14.2. The minimum Gasteiger partial charge on any atom is -0.260 e. The Morgan fingerprint density at radius 2 is 2.15 bits per heavy atom. The van der Waals surface area contributed by atoms with Crippen LogP contribution in [0.1, 0.15) is 24.6 Å². The minimum absolute atomic E-state index is 0.203. The van der Waals surface area contributed by atoms with Gasteiger partial charge in [-0.15, -0.1) is 11.3 Å². The summed E-state index contributed by atoms with van der Waals surface area (Å²) in [6, 6.07) is -0.203. The second kappa shape index (κ2) is 5.19. The Kier molecular flexibility index (Phi) is 3.53. The maximum absolute atomic E-state index is 11.8. The van der Waals surface area contributed by atoms with Gasteiger partial charge in [-0.3, -0.25) is 9.97 Å². The van der Waals surface area contributed by atoms with Crippen molar-refractivity contribution in [3.05, 3.63) is 29.8 Å². The molecule has 2 aromatic rings. The van der Waals surface area contributed by atoms with Crippen LogP contribution in [0.2, 0.25) is 0 Å². The van der Waals surface area contributed by atoms with Crippen molar-refractivity contribution in [3.8, 4) is 10.6 Å². The number of thiazole rings is 1. The molecule has 0 bridgehead atoms. The lowest BCUT2D eigenvalue weighted by molar-refractivity contribution is 0.393. The monoisotopic (exact) mass is 310 g/mol. The highest BCUT2D eigenvalue weighted by molar-refractivity contribution is 7.88. The molecule has 0 aliphatic carbocycles. The molecule has 3 rings (SSSR count). The molecular formula is C12H14N4O2S2. The van der Waals surface area contributed by atoms with Crippen LogP contribution in [0.3, 0.4) is 0 Å². The topological polar surface area (TPSA) is 76.1 Å². The first-order valence-corrected chi connectivity index (χ1v) is 8.96. The molecule has 1 aliphatic rings. The molecule has 6 nitrogen and oxygen atoms in total. The average molecular weight is 310 g/mol. The van der Waals surface area contributed by atoms with E-state index in [0.29, 0.717) is 12.2 Å². The number of hydrogen-bond donors (Lipinski definition) is 0. The molecule has 20 heavy (non-hydrogen) atoms. The maximum atomic E-state index is 11.8. The molecule has 2 aromatic heterocycles. The molecule has 8 heteroatoms. The molecule has 0 radical (unpaired) electrons. The van der Waals surface area contributed by atoms with E-state index in [-0.39, 0.29) is 6.04 Å². The van der Waals surface area contributed by atoms with Gasteiger partial charge in [-0.1, -0.05) is 0 Å². The van der Waals surface area contributed by atoms with E-state index in [0.717, 1.165) is 23.4 Å². The molecule has 1 atom stereocenters. The molecule has 0 aromatic carbocycles. The number of hydrogen-bond acceptors (Lipinski definition) is 6. The predicted molar refractivity (Wildman–Crippen MR) is 76.7 cm³/mol. The van der Waals surface area contributed by atoms with Gasteiger partial charge in [0, 0.05) is 12.7 Å². The van der Waals surface area contributed by atoms with Crippen LogP contribution in [-0.4, -0.2) is 40.5 Å². The SMILES string of the molecule is CS(=O)(=O)N1CCC[C@H]1c1cncc(-c2cncs2)n1. The van der Waals surface area contributed by atoms with E-state index in [2.05, 4.69) is 15.0 Å². The van der Waals surface area contributed by atoms with Gasteiger partial charge < -0.3 is 0 Å². The standard InChI is InChI=1S/C12H14N4O2S2/c1-20(17,18)16-4-2-3-11(16)9-5-13-6-10(15-9)12-7-14-8-19-12/h5-8,11H,2-4H2,1H3/t11-/m0/s1. The molecule has 1 aliphatic heterocycles. The van der Waals surface area contributed by atoms with Crippen molar-refractivity contribution in [2.75, 3.05) is 12.8 Å². The Balaban J connectivity index is 1.97. The summed E-state index contributed by atoms with van der Waals surface area (Å²) in [7, 11) is -3.21. The first-order valence-electron chi connectivity index (χ1n) is 6.23. The van der Waals surface area contributed by atoms with Gasteiger partial charge in [0.2, 0.25) is 10.0 Å². The van der Waals surface area contributed by atoms with Crippen molar-refractivity contribution in [3.63, 3.8) is 0 Å². The molecule has 0 saturated carbocycles. The summed E-state index contributed by atoms with van der Waals surface area (Å²) in [5, 5.41) is 0. The van der Waals surface area contributed by atoms with Crippen LogP contribution in [0.25, 0.3) is 10.6 Å². The zero-order valence-corrected chi connectivity index (χ0v) is 12.6. The van der Waals surface area contributed by atoms with Gasteiger partial charge in [-0.2, -0.15) is 4.31 Å². The van der Waals surface area contributed by atoms with Crippen LogP contribution >= 0.6 is 11.3 Å². The van der Waals surface area contributed by atoms with Crippen LogP contribution in [0.4, 0.5) is 0 Å². The van der Waals surface area contributed by atoms with Gasteiger partial charge in [0.05, 0.1) is 40.8 Å². The van der Waals surface area contributed by atoms with Crippen molar-refractivity contribution in [2.24, 2.45) is 0 Å². The fraction of sp³-hybridized carbons (Fsp3) is 0.417. The summed E-state index contributed by atoms with van der Waals surface area (Å²) in [5.41, 5.74) is 3.19. The van der Waals surface area contributed by atoms with Crippen molar-refractivity contribution in [2.45, 2.75) is 18.9 Å². The third kappa shape index (κ3) is 2.58. The van der Waals surface area contributed by atoms with Gasteiger partial charge in [0.25, 0.3) is 0 Å². The zero-order valence-electron chi connectivity index (χ0n) is 10.9. The summed E-state index contributed by atoms with van der Waals surface area (Å²) in [6.07, 6.45) is 7.95. The van der Waals surface area contributed by atoms with Gasteiger partial charge in [-0.25, -0.2) is 13.4 Å². The van der Waals surface area contributed by atoms with Crippen molar-refractivity contribution in [1.29, 1.82) is 0 Å². The number of rotatable bonds is 3. The van der Waals surface area contributed by atoms with Crippen molar-refractivity contribution < 1.29 is 8.42 Å². The van der Waals surface area contributed by atoms with Crippen molar-refractivity contribution in [1.82, 2.24) is 19.3 Å². The van der Waals surface area contributed by atoms with Gasteiger partial charge in [-0.05, 0) is 12.8 Å². The van der Waals surface area contributed by atoms with E-state index in [1.807, 2.05) is 0 Å². The molecule has 0 spiro atoms. The van der Waals surface area contributed by atoms with Crippen LogP contribution in [0, 0.1) is 0 Å². The van der Waals surface area contributed by atoms with Crippen LogP contribution in [0.5, 0.6) is 0 Å². The maximum Gasteiger partial charge on any atom is 0.211 e. The summed E-state index contributed by atoms with van der Waals surface area (Å²) >= 11 is 1.49. The fourth-order valence-electron chi connectivity index (χ4n) is 2.44. The molecule has 1 saturated heterocycles. The Morgan fingerprint density at radius 1 is 1.30 bits per heavy atom. The molecule has 0 N–H and O–H groups in total. The van der Waals surface area contributed by atoms with Gasteiger partial charge in [0.1, 0.15) is 5.69 Å².